The van der Waals surface area contributed by atoms with Crippen LogP contribution in [0.3, 0.4) is 0 Å². The van der Waals surface area contributed by atoms with Gasteiger partial charge in [-0.2, -0.15) is 5.01 Å². The van der Waals surface area contributed by atoms with Crippen molar-refractivity contribution in [2.45, 2.75) is 6.54 Å². The molecule has 0 saturated heterocycles. The highest BCUT2D eigenvalue weighted by molar-refractivity contribution is 7.16. The number of nitrogens with zero attached hydrogens (tertiary/aromatic N) is 5. The van der Waals surface area contributed by atoms with E-state index >= 15 is 0 Å². The van der Waals surface area contributed by atoms with Gasteiger partial charge in [0.25, 0.3) is 11.8 Å². The fraction of sp³-hybridized carbons (Fsp3) is 0.154. The van der Waals surface area contributed by atoms with Gasteiger partial charge in [-0.05, 0) is 30.3 Å². The molecule has 3 heterocycles. The molecule has 6 rings (SSSR count). The van der Waals surface area contributed by atoms with Crippen LogP contribution < -0.4 is 31.7 Å². The topological polar surface area (TPSA) is 75.5 Å². The average molecular weight is 563 g/mol. The molecule has 8 nitrogen and oxygen atoms in total. The van der Waals surface area contributed by atoms with Crippen LogP contribution in [0.25, 0.3) is 21.0 Å². The van der Waals surface area contributed by atoms with Gasteiger partial charge >= 0.3 is 0 Å². The van der Waals surface area contributed by atoms with Crippen molar-refractivity contribution in [1.29, 1.82) is 0 Å². The second-order valence-electron chi connectivity index (χ2n) is 8.57. The average Bonchev–Trinajstić information content (AvgIpc) is 3.43. The summed E-state index contributed by atoms with van der Waals surface area (Å²) < 4.78 is 7.03. The first kappa shape index (κ1) is 24.0. The monoisotopic (exact) mass is 562 g/mol. The van der Waals surface area contributed by atoms with Crippen LogP contribution in [0, 0.1) is 0 Å². The molecule has 10 heteroatoms. The molecule has 1 N–H and O–H groups in total. The normalized spacial score (nSPS) is 13.5. The number of thiazole rings is 1. The quantitative estimate of drug-likeness (QED) is 0.246. The maximum Gasteiger partial charge on any atom is 0.282 e. The first-order valence-electron chi connectivity index (χ1n) is 11.3. The first-order chi connectivity index (χ1) is 17.0. The lowest BCUT2D eigenvalue weighted by Crippen LogP contribution is -3.00. The predicted molar refractivity (Wildman–Crippen MR) is 135 cm³/mol. The van der Waals surface area contributed by atoms with Crippen LogP contribution in [0.15, 0.2) is 78.4 Å². The number of imide groups is 1. The van der Waals surface area contributed by atoms with Crippen LogP contribution in [-0.2, 0) is 20.6 Å². The van der Waals surface area contributed by atoms with Crippen molar-refractivity contribution in [1.82, 2.24) is 14.1 Å². The third kappa shape index (κ3) is 3.92. The van der Waals surface area contributed by atoms with Crippen LogP contribution in [0.4, 0.5) is 5.69 Å². The number of imidazole rings is 1. The van der Waals surface area contributed by atoms with Crippen molar-refractivity contribution < 1.29 is 31.1 Å². The Bertz CT molecular complexity index is 1690. The Morgan fingerprint density at radius 2 is 1.75 bits per heavy atom. The Morgan fingerprint density at radius 3 is 2.50 bits per heavy atom. The SMILES string of the molecule is Cn1cc[n+](CCNc2ccc3c4c(cccc24)C(=O)N(N=c2sc4ccccc4n2C)C3=O)c1.[Br-]. The number of benzene rings is 3. The van der Waals surface area contributed by atoms with Gasteiger partial charge in [-0.1, -0.05) is 35.6 Å². The van der Waals surface area contributed by atoms with E-state index in [2.05, 4.69) is 15.0 Å². The number of hydrogen-bond donors (Lipinski definition) is 1. The van der Waals surface area contributed by atoms with Crippen molar-refractivity contribution in [2.24, 2.45) is 19.2 Å². The van der Waals surface area contributed by atoms with E-state index in [1.165, 1.54) is 11.3 Å². The number of carbonyl (C=O) groups is 2. The first-order valence-corrected chi connectivity index (χ1v) is 12.1. The second-order valence-corrected chi connectivity index (χ2v) is 9.58. The molecular weight excluding hydrogens is 540 g/mol. The number of halogens is 1. The number of amides is 2. The number of carbonyl (C=O) groups excluding carboxylic acids is 2. The Balaban J connectivity index is 0.00000267. The number of aromatic nitrogens is 3. The minimum Gasteiger partial charge on any atom is -1.00 e. The van der Waals surface area contributed by atoms with E-state index < -0.39 is 11.8 Å². The molecule has 0 unspecified atom stereocenters. The molecule has 3 aromatic carbocycles. The predicted octanol–water partition coefficient (Wildman–Crippen LogP) is 0.247. The summed E-state index contributed by atoms with van der Waals surface area (Å²) >= 11 is 1.44. The van der Waals surface area contributed by atoms with Gasteiger partial charge in [0.1, 0.15) is 18.9 Å². The van der Waals surface area contributed by atoms with E-state index in [-0.39, 0.29) is 17.0 Å². The van der Waals surface area contributed by atoms with Crippen LogP contribution in [0.1, 0.15) is 20.7 Å². The number of para-hydroxylation sites is 1. The highest BCUT2D eigenvalue weighted by Gasteiger charge is 2.33. The Labute approximate surface area is 221 Å². The molecule has 0 bridgehead atoms. The zero-order chi connectivity index (χ0) is 24.1. The summed E-state index contributed by atoms with van der Waals surface area (Å²) in [5.74, 6) is -0.829. The summed E-state index contributed by atoms with van der Waals surface area (Å²) in [6.07, 6.45) is 6.03. The molecule has 0 aliphatic carbocycles. The third-order valence-corrected chi connectivity index (χ3v) is 7.40. The highest BCUT2D eigenvalue weighted by atomic mass is 79.9. The van der Waals surface area contributed by atoms with Crippen molar-refractivity contribution in [3.8, 4) is 0 Å². The van der Waals surface area contributed by atoms with E-state index in [0.29, 0.717) is 27.9 Å². The lowest BCUT2D eigenvalue weighted by Gasteiger charge is -2.24. The molecule has 182 valence electrons. The van der Waals surface area contributed by atoms with Crippen LogP contribution in [0.2, 0.25) is 0 Å². The Kier molecular flexibility index (Phi) is 6.23. The van der Waals surface area contributed by atoms with Crippen molar-refractivity contribution >= 4 is 49.8 Å². The van der Waals surface area contributed by atoms with Gasteiger partial charge in [0, 0.05) is 23.5 Å². The molecule has 5 aromatic rings. The Morgan fingerprint density at radius 1 is 0.972 bits per heavy atom. The zero-order valence-corrected chi connectivity index (χ0v) is 22.1. The maximum atomic E-state index is 13.4. The number of fused-ring (bicyclic) bond motifs is 1. The molecule has 36 heavy (non-hydrogen) atoms. The second kappa shape index (κ2) is 9.36. The number of anilines is 1. The highest BCUT2D eigenvalue weighted by Crippen LogP contribution is 2.34. The smallest absolute Gasteiger partial charge is 0.282 e. The van der Waals surface area contributed by atoms with Gasteiger partial charge in [0.05, 0.1) is 34.9 Å². The summed E-state index contributed by atoms with van der Waals surface area (Å²) in [5, 5.41) is 10.5. The minimum absolute atomic E-state index is 0. The summed E-state index contributed by atoms with van der Waals surface area (Å²) in [6, 6.07) is 17.2. The van der Waals surface area contributed by atoms with Crippen LogP contribution >= 0.6 is 11.3 Å². The zero-order valence-electron chi connectivity index (χ0n) is 19.7. The summed E-state index contributed by atoms with van der Waals surface area (Å²) in [7, 11) is 3.87. The molecule has 2 aromatic heterocycles. The molecule has 1 aliphatic rings. The standard InChI is InChI=1S/C26H22N6O2S.BrH/c1-29-14-15-31(16-29)13-12-27-20-11-10-19-23-17(20)6-5-7-18(23)24(33)32(25(19)34)28-26-30(2)21-8-3-4-9-22(21)35-26;/h3-11,14-16H,12-13H2,1-2H3;1H. The summed E-state index contributed by atoms with van der Waals surface area (Å²) in [6.45, 7) is 1.50. The molecule has 0 atom stereocenters. The number of rotatable bonds is 5. The van der Waals surface area contributed by atoms with Gasteiger partial charge in [-0.3, -0.25) is 9.59 Å². The van der Waals surface area contributed by atoms with Crippen molar-refractivity contribution in [3.63, 3.8) is 0 Å². The fourth-order valence-corrected chi connectivity index (χ4v) is 5.56. The minimum atomic E-state index is -0.414. The summed E-state index contributed by atoms with van der Waals surface area (Å²) in [5.41, 5.74) is 2.85. The van der Waals surface area contributed by atoms with Gasteiger partial charge in [-0.25, -0.2) is 9.13 Å². The molecule has 0 radical (unpaired) electrons. The lowest BCUT2D eigenvalue weighted by molar-refractivity contribution is -0.693. The third-order valence-electron chi connectivity index (χ3n) is 6.30. The largest absolute Gasteiger partial charge is 1.00 e. The molecule has 0 saturated carbocycles. The number of aryl methyl sites for hydroxylation is 2. The fourth-order valence-electron chi connectivity index (χ4n) is 4.55. The number of nitrogens with one attached hydrogen (secondary N) is 1. The van der Waals surface area contributed by atoms with Gasteiger partial charge in [-0.15, -0.1) is 5.10 Å². The maximum absolute atomic E-state index is 13.4. The van der Waals surface area contributed by atoms with E-state index in [1.54, 1.807) is 12.1 Å². The Hall–Kier alpha value is -3.76. The van der Waals surface area contributed by atoms with Gasteiger partial charge in [0.2, 0.25) is 11.1 Å². The van der Waals surface area contributed by atoms with Crippen LogP contribution in [0.5, 0.6) is 0 Å². The molecule has 2 amide bonds. The number of hydrogen-bond acceptors (Lipinski definition) is 5. The van der Waals surface area contributed by atoms with E-state index in [9.17, 15) is 9.59 Å². The van der Waals surface area contributed by atoms with E-state index in [0.717, 1.165) is 32.8 Å². The van der Waals surface area contributed by atoms with Crippen LogP contribution in [-0.4, -0.2) is 32.5 Å². The molecule has 0 spiro atoms. The molecule has 1 aliphatic heterocycles. The van der Waals surface area contributed by atoms with Crippen molar-refractivity contribution in [3.05, 3.63) is 89.2 Å². The van der Waals surface area contributed by atoms with Crippen molar-refractivity contribution in [2.75, 3.05) is 11.9 Å². The molecule has 0 fully saturated rings. The van der Waals surface area contributed by atoms with Gasteiger partial charge < -0.3 is 26.9 Å². The molecular formula is C26H23BrN6O2S. The van der Waals surface area contributed by atoms with Gasteiger partial charge in [0.15, 0.2) is 0 Å². The lowest BCUT2D eigenvalue weighted by atomic mass is 9.94. The summed E-state index contributed by atoms with van der Waals surface area (Å²) in [4.78, 5) is 27.5. The van der Waals surface area contributed by atoms with E-state index in [4.69, 9.17) is 0 Å². The van der Waals surface area contributed by atoms with E-state index in [1.807, 2.05) is 84.4 Å².